The van der Waals surface area contributed by atoms with Gasteiger partial charge < -0.3 is 11.1 Å². The van der Waals surface area contributed by atoms with Crippen molar-refractivity contribution in [3.8, 4) is 0 Å². The van der Waals surface area contributed by atoms with E-state index in [4.69, 9.17) is 10.8 Å². The number of hydrogen-bond donors (Lipinski definition) is 1. The Hall–Kier alpha value is -3.04. The van der Waals surface area contributed by atoms with Gasteiger partial charge in [0.1, 0.15) is 0 Å². The molecule has 0 saturated carbocycles. The highest BCUT2D eigenvalue weighted by molar-refractivity contribution is 6.52. The van der Waals surface area contributed by atoms with E-state index in [2.05, 4.69) is 0 Å². The van der Waals surface area contributed by atoms with Crippen LogP contribution in [0.2, 0.25) is 0 Å². The Morgan fingerprint density at radius 2 is 1.43 bits per heavy atom. The summed E-state index contributed by atoms with van der Waals surface area (Å²) in [6, 6.07) is 16.8. The molecule has 1 aliphatic heterocycles. The summed E-state index contributed by atoms with van der Waals surface area (Å²) in [5.74, 6) is -0.860. The maximum Gasteiger partial charge on any atom is 0.299 e. The van der Waals surface area contributed by atoms with Gasteiger partial charge in [-0.05, 0) is 17.7 Å². The molecule has 3 rings (SSSR count). The van der Waals surface area contributed by atoms with E-state index in [0.717, 1.165) is 5.56 Å². The maximum absolute atomic E-state index is 11.9. The molecule has 0 saturated heterocycles. The fourth-order valence-corrected chi connectivity index (χ4v) is 2.17. The highest BCUT2D eigenvalue weighted by Gasteiger charge is 2.35. The highest BCUT2D eigenvalue weighted by Crippen LogP contribution is 2.29. The first-order chi connectivity index (χ1) is 9.77. The standard InChI is InChI=1S/C15H11NO2.N2.H3N/c17-14-12-8-4-5-9-13(12)16(15(14)18)10-11-6-2-1-3-7-11;1-2;/h1-9H,10H2;;1H3. The number of nitrogens with zero attached hydrogens (tertiary/aromatic N) is 3. The molecule has 21 heavy (non-hydrogen) atoms. The first kappa shape index (κ1) is 16.0. The minimum atomic E-state index is -0.444. The van der Waals surface area contributed by atoms with Gasteiger partial charge in [0.15, 0.2) is 0 Å². The summed E-state index contributed by atoms with van der Waals surface area (Å²) in [4.78, 5) is 25.3. The number of benzene rings is 2. The van der Waals surface area contributed by atoms with E-state index in [0.29, 0.717) is 17.8 Å². The van der Waals surface area contributed by atoms with Crippen molar-refractivity contribution in [1.29, 1.82) is 10.8 Å². The molecule has 0 radical (unpaired) electrons. The molecule has 1 aliphatic rings. The van der Waals surface area contributed by atoms with Gasteiger partial charge in [-0.15, -0.1) is 0 Å². The first-order valence-corrected chi connectivity index (χ1v) is 5.96. The average Bonchev–Trinajstić information content (AvgIpc) is 2.76. The van der Waals surface area contributed by atoms with Gasteiger partial charge in [0.05, 0.1) is 17.8 Å². The van der Waals surface area contributed by atoms with Gasteiger partial charge in [0.2, 0.25) is 0 Å². The van der Waals surface area contributed by atoms with Crippen molar-refractivity contribution < 1.29 is 9.59 Å². The fraction of sp³-hybridized carbons (Fsp3) is 0.0667. The maximum atomic E-state index is 11.9. The molecule has 2 aromatic carbocycles. The molecule has 106 valence electrons. The zero-order valence-corrected chi connectivity index (χ0v) is 11.3. The van der Waals surface area contributed by atoms with Crippen molar-refractivity contribution in [2.75, 3.05) is 4.90 Å². The second-order valence-electron chi connectivity index (χ2n) is 4.22. The molecule has 0 atom stereocenters. The summed E-state index contributed by atoms with van der Waals surface area (Å²) in [6.45, 7) is 0.433. The lowest BCUT2D eigenvalue weighted by Gasteiger charge is -2.16. The van der Waals surface area contributed by atoms with Crippen LogP contribution in [0.4, 0.5) is 5.69 Å². The number of anilines is 1. The number of rotatable bonds is 2. The van der Waals surface area contributed by atoms with Crippen molar-refractivity contribution in [2.24, 2.45) is 0 Å². The lowest BCUT2D eigenvalue weighted by Crippen LogP contribution is -2.29. The van der Waals surface area contributed by atoms with Gasteiger partial charge in [0.25, 0.3) is 11.7 Å². The Balaban J connectivity index is 0.000000706. The molecular weight excluding hydrogens is 268 g/mol. The van der Waals surface area contributed by atoms with Crippen LogP contribution in [0.25, 0.3) is 0 Å². The van der Waals surface area contributed by atoms with Gasteiger partial charge >= 0.3 is 0 Å². The topological polar surface area (TPSA) is 120 Å². The van der Waals surface area contributed by atoms with Crippen molar-refractivity contribution in [3.63, 3.8) is 0 Å². The molecule has 0 unspecified atom stereocenters. The van der Waals surface area contributed by atoms with E-state index in [1.54, 1.807) is 18.2 Å². The van der Waals surface area contributed by atoms with Crippen molar-refractivity contribution in [1.82, 2.24) is 6.15 Å². The number of hydrogen-bond acceptors (Lipinski definition) is 5. The zero-order valence-electron chi connectivity index (χ0n) is 11.3. The number of amides is 1. The van der Waals surface area contributed by atoms with E-state index in [1.165, 1.54) is 4.90 Å². The minimum Gasteiger partial charge on any atom is -0.344 e. The van der Waals surface area contributed by atoms with E-state index >= 15 is 0 Å². The lowest BCUT2D eigenvalue weighted by molar-refractivity contribution is -0.114. The smallest absolute Gasteiger partial charge is 0.299 e. The number of carbonyl (C=O) groups is 2. The molecule has 6 heteroatoms. The van der Waals surface area contributed by atoms with Crippen LogP contribution in [0.3, 0.4) is 0 Å². The summed E-state index contributed by atoms with van der Waals surface area (Å²) < 4.78 is 0. The van der Waals surface area contributed by atoms with Crippen molar-refractivity contribution in [3.05, 3.63) is 65.7 Å². The quantitative estimate of drug-likeness (QED) is 0.670. The van der Waals surface area contributed by atoms with Gasteiger partial charge in [-0.3, -0.25) is 9.59 Å². The third-order valence-electron chi connectivity index (χ3n) is 3.06. The van der Waals surface area contributed by atoms with Gasteiger partial charge in [-0.2, -0.15) is 0 Å². The third-order valence-corrected chi connectivity index (χ3v) is 3.06. The fourth-order valence-electron chi connectivity index (χ4n) is 2.17. The number of Topliss-reactive ketones (excluding diaryl/α,β-unsaturated/α-hetero) is 1. The van der Waals surface area contributed by atoms with Crippen LogP contribution in [0.15, 0.2) is 54.6 Å². The van der Waals surface area contributed by atoms with Crippen LogP contribution in [0.5, 0.6) is 0 Å². The van der Waals surface area contributed by atoms with Crippen LogP contribution in [-0.4, -0.2) is 11.7 Å². The molecule has 1 amide bonds. The van der Waals surface area contributed by atoms with E-state index in [1.807, 2.05) is 36.4 Å². The summed E-state index contributed by atoms with van der Waals surface area (Å²) >= 11 is 0. The van der Waals surface area contributed by atoms with E-state index in [-0.39, 0.29) is 6.15 Å². The molecular formula is C15H14N4O2. The molecule has 1 heterocycles. The monoisotopic (exact) mass is 282 g/mol. The molecule has 0 bridgehead atoms. The van der Waals surface area contributed by atoms with Crippen LogP contribution in [0.1, 0.15) is 15.9 Å². The zero-order chi connectivity index (χ0) is 14.5. The van der Waals surface area contributed by atoms with Crippen LogP contribution in [0, 0.1) is 10.8 Å². The summed E-state index contributed by atoms with van der Waals surface area (Å²) in [5.41, 5.74) is 2.21. The summed E-state index contributed by atoms with van der Waals surface area (Å²) in [5, 5.41) is 12.0. The Labute approximate surface area is 122 Å². The Bertz CT molecular complexity index is 668. The number of para-hydroxylation sites is 1. The molecule has 0 spiro atoms. The largest absolute Gasteiger partial charge is 0.344 e. The summed E-state index contributed by atoms with van der Waals surface area (Å²) in [7, 11) is 0. The molecule has 6 nitrogen and oxygen atoms in total. The Morgan fingerprint density at radius 3 is 2.10 bits per heavy atom. The van der Waals surface area contributed by atoms with Crippen LogP contribution < -0.4 is 11.1 Å². The van der Waals surface area contributed by atoms with Gasteiger partial charge in [-0.1, -0.05) is 42.5 Å². The molecule has 3 N–H and O–H groups in total. The number of carbonyl (C=O) groups excluding carboxylic acids is 2. The molecule has 0 aromatic heterocycles. The summed E-state index contributed by atoms with van der Waals surface area (Å²) in [6.07, 6.45) is 0. The van der Waals surface area contributed by atoms with E-state index in [9.17, 15) is 9.59 Å². The predicted molar refractivity (Wildman–Crippen MR) is 76.9 cm³/mol. The normalized spacial score (nSPS) is 12.0. The van der Waals surface area contributed by atoms with Gasteiger partial charge in [0, 0.05) is 10.8 Å². The van der Waals surface area contributed by atoms with Crippen LogP contribution in [-0.2, 0) is 11.3 Å². The van der Waals surface area contributed by atoms with Gasteiger partial charge in [-0.25, -0.2) is 0 Å². The van der Waals surface area contributed by atoms with E-state index < -0.39 is 11.7 Å². The molecule has 0 aliphatic carbocycles. The Morgan fingerprint density at radius 1 is 0.857 bits per heavy atom. The lowest BCUT2D eigenvalue weighted by atomic mass is 10.1. The number of fused-ring (bicyclic) bond motifs is 1. The van der Waals surface area contributed by atoms with Crippen molar-refractivity contribution >= 4 is 17.4 Å². The SMILES string of the molecule is N.N#N.O=C1C(=O)N(Cc2ccccc2)c2ccccc21. The predicted octanol–water partition coefficient (Wildman–Crippen LogP) is 2.61. The average molecular weight is 282 g/mol. The highest BCUT2D eigenvalue weighted by atomic mass is 16.2. The molecule has 0 fully saturated rings. The second kappa shape index (κ2) is 6.93. The first-order valence-electron chi connectivity index (χ1n) is 5.96. The number of ketones is 1. The Kier molecular flexibility index (Phi) is 5.29. The van der Waals surface area contributed by atoms with Crippen molar-refractivity contribution in [2.45, 2.75) is 6.54 Å². The second-order valence-corrected chi connectivity index (χ2v) is 4.22. The minimum absolute atomic E-state index is 0. The third kappa shape index (κ3) is 2.94. The molecule has 2 aromatic rings. The van der Waals surface area contributed by atoms with Crippen LogP contribution >= 0.6 is 0 Å².